The molecule has 2 aromatic rings. The average Bonchev–Trinajstić information content (AvgIpc) is 3.59. The van der Waals surface area contributed by atoms with Gasteiger partial charge < -0.3 is 29.8 Å². The lowest BCUT2D eigenvalue weighted by molar-refractivity contribution is -0.210. The maximum atomic E-state index is 13.8. The molecule has 0 amide bonds. The van der Waals surface area contributed by atoms with E-state index in [1.165, 1.54) is 18.0 Å². The minimum Gasteiger partial charge on any atom is -0.394 e. The van der Waals surface area contributed by atoms with Crippen LogP contribution < -0.4 is 5.32 Å². The minimum absolute atomic E-state index is 0.00940. The monoisotopic (exact) mass is 589 g/mol. The highest BCUT2D eigenvalue weighted by Gasteiger charge is 2.49. The Labute approximate surface area is 232 Å². The molecule has 3 heterocycles. The fourth-order valence-corrected chi connectivity index (χ4v) is 6.00. The summed E-state index contributed by atoms with van der Waals surface area (Å²) in [5, 5.41) is 36.1. The van der Waals surface area contributed by atoms with E-state index < -0.39 is 66.5 Å². The highest BCUT2D eigenvalue weighted by atomic mass is 19.3. The largest absolute Gasteiger partial charge is 0.394 e. The third-order valence-electron chi connectivity index (χ3n) is 8.12. The first-order valence-corrected chi connectivity index (χ1v) is 13.4. The molecular formula is C26H32F5N5O5. The second-order valence-electron chi connectivity index (χ2n) is 10.8. The normalized spacial score (nSPS) is 32.0. The fraction of sp³-hybridized carbons (Fsp3) is 0.654. The number of nitrogens with one attached hydrogen (secondary N) is 1. The molecular weight excluding hydrogens is 557 g/mol. The maximum absolute atomic E-state index is 13.8. The Hall–Kier alpha value is -2.72. The molecule has 1 saturated heterocycles. The number of alkyl halides is 2. The summed E-state index contributed by atoms with van der Waals surface area (Å²) < 4.78 is 79.1. The van der Waals surface area contributed by atoms with E-state index in [2.05, 4.69) is 20.8 Å². The molecule has 0 radical (unpaired) electrons. The lowest BCUT2D eigenvalue weighted by atomic mass is 9.78. The van der Waals surface area contributed by atoms with E-state index in [1.54, 1.807) is 0 Å². The topological polar surface area (TPSA) is 123 Å². The summed E-state index contributed by atoms with van der Waals surface area (Å²) in [6.45, 7) is -0.859. The van der Waals surface area contributed by atoms with Crippen LogP contribution in [-0.4, -0.2) is 93.7 Å². The van der Waals surface area contributed by atoms with Gasteiger partial charge in [-0.25, -0.2) is 26.6 Å². The molecule has 226 valence electrons. The van der Waals surface area contributed by atoms with Crippen molar-refractivity contribution in [2.75, 3.05) is 20.3 Å². The maximum Gasteiger partial charge on any atom is 0.250 e. The van der Waals surface area contributed by atoms with Gasteiger partial charge in [-0.1, -0.05) is 10.4 Å². The summed E-state index contributed by atoms with van der Waals surface area (Å²) in [4.78, 5) is 5.85. The van der Waals surface area contributed by atoms with Gasteiger partial charge in [-0.05, 0) is 37.8 Å². The number of aliphatic hydroxyl groups excluding tert-OH is 2. The van der Waals surface area contributed by atoms with Crippen LogP contribution in [-0.2, 0) is 14.3 Å². The van der Waals surface area contributed by atoms with Gasteiger partial charge in [0.05, 0.1) is 31.2 Å². The molecule has 1 saturated carbocycles. The van der Waals surface area contributed by atoms with E-state index in [9.17, 15) is 32.2 Å². The van der Waals surface area contributed by atoms with Crippen molar-refractivity contribution in [2.24, 2.45) is 5.16 Å². The van der Waals surface area contributed by atoms with E-state index in [0.717, 1.165) is 12.1 Å². The number of hydrogen-bond donors (Lipinski definition) is 3. The summed E-state index contributed by atoms with van der Waals surface area (Å²) in [7, 11) is 1.42. The second kappa shape index (κ2) is 12.3. The molecule has 1 aromatic carbocycles. The standard InChI is InChI=1S/C26H32F5N5O5/c1-39-25-19(8-15-9-26(41-34-15)4-2-14(3-5-26)32-10-21(29)30)40-20(12-37)24(38)23(25)36-11-18(33-35-36)13-6-16(27)22(31)17(28)7-13/h6-7,11,14,19-21,23-25,32,37-38H,2-5,8-10,12H2,1H3/t14?,19-,20-,23+,24+,25+,26?/m1/s1. The lowest BCUT2D eigenvalue weighted by Gasteiger charge is -2.43. The van der Waals surface area contributed by atoms with Crippen LogP contribution in [0.25, 0.3) is 11.3 Å². The Balaban J connectivity index is 1.29. The number of aromatic nitrogens is 3. The quantitative estimate of drug-likeness (QED) is 0.302. The van der Waals surface area contributed by atoms with Gasteiger partial charge >= 0.3 is 0 Å². The zero-order valence-corrected chi connectivity index (χ0v) is 22.2. The number of halogens is 5. The SMILES string of the molecule is CO[C@@H]1[C@@H](n2cc(-c3cc(F)c(F)c(F)c3)nn2)[C@@H](O)[C@@H](CO)O[C@@H]1CC1=NOC2(CCC(NCC(F)F)CC2)C1. The van der Waals surface area contributed by atoms with Crippen molar-refractivity contribution in [3.8, 4) is 11.3 Å². The van der Waals surface area contributed by atoms with E-state index in [-0.39, 0.29) is 30.3 Å². The van der Waals surface area contributed by atoms with Crippen LogP contribution in [0, 0.1) is 17.5 Å². The van der Waals surface area contributed by atoms with E-state index in [4.69, 9.17) is 14.3 Å². The summed E-state index contributed by atoms with van der Waals surface area (Å²) in [5.74, 6) is -4.37. The molecule has 1 aliphatic carbocycles. The Kier molecular flexibility index (Phi) is 8.90. The number of aliphatic hydroxyl groups is 2. The lowest BCUT2D eigenvalue weighted by Crippen LogP contribution is -2.57. The zero-order valence-electron chi connectivity index (χ0n) is 22.2. The second-order valence-corrected chi connectivity index (χ2v) is 10.8. The summed E-state index contributed by atoms with van der Waals surface area (Å²) in [6, 6.07) is 0.651. The van der Waals surface area contributed by atoms with Crippen molar-refractivity contribution in [1.29, 1.82) is 0 Å². The van der Waals surface area contributed by atoms with Crippen LogP contribution in [0.2, 0.25) is 0 Å². The number of methoxy groups -OCH3 is 1. The average molecular weight is 590 g/mol. The van der Waals surface area contributed by atoms with Gasteiger partial charge in [0, 0.05) is 31.6 Å². The number of hydrogen-bond acceptors (Lipinski definition) is 9. The van der Waals surface area contributed by atoms with Crippen molar-refractivity contribution < 1.29 is 46.5 Å². The first kappa shape index (κ1) is 29.8. The van der Waals surface area contributed by atoms with Gasteiger partial charge in [0.1, 0.15) is 35.6 Å². The smallest absolute Gasteiger partial charge is 0.250 e. The number of nitrogens with zero attached hydrogens (tertiary/aromatic N) is 4. The van der Waals surface area contributed by atoms with Crippen LogP contribution in [0.15, 0.2) is 23.5 Å². The summed E-state index contributed by atoms with van der Waals surface area (Å²) >= 11 is 0. The molecule has 2 aliphatic heterocycles. The molecule has 15 heteroatoms. The summed E-state index contributed by atoms with van der Waals surface area (Å²) in [5.41, 5.74) is 0.146. The first-order valence-electron chi connectivity index (χ1n) is 13.4. The molecule has 10 nitrogen and oxygen atoms in total. The number of benzene rings is 1. The van der Waals surface area contributed by atoms with Crippen molar-refractivity contribution in [3.63, 3.8) is 0 Å². The van der Waals surface area contributed by atoms with Gasteiger partial charge in [0.25, 0.3) is 6.43 Å². The third kappa shape index (κ3) is 6.23. The third-order valence-corrected chi connectivity index (χ3v) is 8.12. The molecule has 41 heavy (non-hydrogen) atoms. The molecule has 1 aromatic heterocycles. The number of rotatable bonds is 9. The molecule has 5 rings (SSSR count). The van der Waals surface area contributed by atoms with Crippen molar-refractivity contribution >= 4 is 5.71 Å². The minimum atomic E-state index is -2.41. The van der Waals surface area contributed by atoms with Crippen molar-refractivity contribution in [1.82, 2.24) is 20.3 Å². The molecule has 0 unspecified atom stereocenters. The van der Waals surface area contributed by atoms with Gasteiger partial charge in [0.15, 0.2) is 17.5 Å². The van der Waals surface area contributed by atoms with Crippen LogP contribution in [0.3, 0.4) is 0 Å². The van der Waals surface area contributed by atoms with Gasteiger partial charge in [-0.3, -0.25) is 0 Å². The van der Waals surface area contributed by atoms with Crippen LogP contribution in [0.5, 0.6) is 0 Å². The highest BCUT2D eigenvalue weighted by molar-refractivity contribution is 5.86. The summed E-state index contributed by atoms with van der Waals surface area (Å²) in [6.07, 6.45) is -1.47. The van der Waals surface area contributed by atoms with Crippen LogP contribution in [0.4, 0.5) is 22.0 Å². The molecule has 5 atom stereocenters. The van der Waals surface area contributed by atoms with E-state index in [0.29, 0.717) is 37.8 Å². The van der Waals surface area contributed by atoms with E-state index in [1.807, 2.05) is 0 Å². The first-order chi connectivity index (χ1) is 19.6. The Morgan fingerprint density at radius 1 is 1.17 bits per heavy atom. The fourth-order valence-electron chi connectivity index (χ4n) is 6.00. The molecule has 3 N–H and O–H groups in total. The van der Waals surface area contributed by atoms with Crippen LogP contribution >= 0.6 is 0 Å². The van der Waals surface area contributed by atoms with Crippen LogP contribution in [0.1, 0.15) is 44.6 Å². The molecule has 3 aliphatic rings. The van der Waals surface area contributed by atoms with Gasteiger partial charge in [0.2, 0.25) is 0 Å². The number of oxime groups is 1. The zero-order chi connectivity index (χ0) is 29.3. The Morgan fingerprint density at radius 2 is 1.88 bits per heavy atom. The molecule has 1 spiro atoms. The number of ether oxygens (including phenoxy) is 2. The van der Waals surface area contributed by atoms with Gasteiger partial charge in [-0.15, -0.1) is 5.10 Å². The molecule has 0 bridgehead atoms. The predicted molar refractivity (Wildman–Crippen MR) is 134 cm³/mol. The highest BCUT2D eigenvalue weighted by Crippen LogP contribution is 2.41. The van der Waals surface area contributed by atoms with E-state index >= 15 is 0 Å². The Bertz CT molecular complexity index is 1220. The molecule has 2 fully saturated rings. The van der Waals surface area contributed by atoms with Gasteiger partial charge in [-0.2, -0.15) is 0 Å². The Morgan fingerprint density at radius 3 is 2.51 bits per heavy atom. The van der Waals surface area contributed by atoms with Crippen molar-refractivity contribution in [3.05, 3.63) is 35.8 Å². The van der Waals surface area contributed by atoms with Crippen molar-refractivity contribution in [2.45, 2.75) is 87.1 Å². The predicted octanol–water partition coefficient (Wildman–Crippen LogP) is 2.74.